The average molecular weight is 533 g/mol. The normalized spacial score (nSPS) is 25.6. The van der Waals surface area contributed by atoms with Crippen LogP contribution in [0.15, 0.2) is 35.8 Å². The van der Waals surface area contributed by atoms with Crippen LogP contribution in [-0.2, 0) is 12.0 Å². The predicted molar refractivity (Wildman–Crippen MR) is 128 cm³/mol. The second kappa shape index (κ2) is 8.81. The number of amidine groups is 1. The van der Waals surface area contributed by atoms with E-state index < -0.39 is 34.4 Å². The van der Waals surface area contributed by atoms with Crippen molar-refractivity contribution in [2.45, 2.75) is 42.3 Å². The first kappa shape index (κ1) is 25.2. The van der Waals surface area contributed by atoms with Gasteiger partial charge in [0.05, 0.1) is 27.7 Å². The van der Waals surface area contributed by atoms with Gasteiger partial charge in [-0.25, -0.2) is 19.9 Å². The summed E-state index contributed by atoms with van der Waals surface area (Å²) in [6.45, 7) is 1.58. The fourth-order valence-electron chi connectivity index (χ4n) is 4.90. The summed E-state index contributed by atoms with van der Waals surface area (Å²) < 4.78 is 59.0. The number of hydrogen-bond acceptors (Lipinski definition) is 9. The van der Waals surface area contributed by atoms with E-state index in [9.17, 15) is 18.3 Å². The van der Waals surface area contributed by atoms with Gasteiger partial charge in [-0.2, -0.15) is 17.6 Å². The van der Waals surface area contributed by atoms with Crippen molar-refractivity contribution >= 4 is 28.0 Å². The highest BCUT2D eigenvalue weighted by atomic mass is 32.2. The first-order valence-electron chi connectivity index (χ1n) is 11.1. The van der Waals surface area contributed by atoms with Gasteiger partial charge >= 0.3 is 6.18 Å². The number of ether oxygens (including phenoxy) is 1. The lowest BCUT2D eigenvalue weighted by molar-refractivity contribution is -0.207. The van der Waals surface area contributed by atoms with Crippen molar-refractivity contribution < 1.29 is 27.4 Å². The smallest absolute Gasteiger partial charge is 0.415 e. The highest BCUT2D eigenvalue weighted by Crippen LogP contribution is 2.68. The summed E-state index contributed by atoms with van der Waals surface area (Å²) in [5.74, 6) is 1.12. The predicted octanol–water partition coefficient (Wildman–Crippen LogP) is 3.12. The van der Waals surface area contributed by atoms with Crippen molar-refractivity contribution in [3.05, 3.63) is 53.6 Å². The SMILES string of the molecule is C#CCOc1cnc2c(Cc3cnc(F)c([C@@]4(C)N=C(N)S[C@@]5([C@H](O)C(F)(F)F)C[C@H]54)c3)ncnc2c1. The molecule has 1 aliphatic carbocycles. The van der Waals surface area contributed by atoms with Gasteiger partial charge in [0, 0.05) is 30.2 Å². The van der Waals surface area contributed by atoms with Crippen LogP contribution in [0.5, 0.6) is 5.75 Å². The third-order valence-electron chi connectivity index (χ3n) is 6.70. The summed E-state index contributed by atoms with van der Waals surface area (Å²) in [7, 11) is 0. The highest BCUT2D eigenvalue weighted by molar-refractivity contribution is 8.15. The number of pyridine rings is 2. The largest absolute Gasteiger partial charge is 0.479 e. The van der Waals surface area contributed by atoms with Crippen LogP contribution < -0.4 is 10.5 Å². The Morgan fingerprint density at radius 2 is 2.05 bits per heavy atom. The van der Waals surface area contributed by atoms with Crippen molar-refractivity contribution in [2.24, 2.45) is 16.6 Å². The van der Waals surface area contributed by atoms with Crippen LogP contribution in [0.3, 0.4) is 0 Å². The number of aliphatic hydroxyl groups excluding tert-OH is 1. The first-order valence-corrected chi connectivity index (χ1v) is 11.9. The van der Waals surface area contributed by atoms with E-state index in [1.807, 2.05) is 0 Å². The molecule has 192 valence electrons. The number of nitrogens with zero attached hydrogens (tertiary/aromatic N) is 5. The van der Waals surface area contributed by atoms with Crippen LogP contribution >= 0.6 is 11.8 Å². The Balaban J connectivity index is 1.49. The average Bonchev–Trinajstić information content (AvgIpc) is 3.59. The number of rotatable bonds is 6. The molecule has 5 rings (SSSR count). The molecule has 0 amide bonds. The molecule has 0 aromatic carbocycles. The van der Waals surface area contributed by atoms with Crippen LogP contribution in [0.25, 0.3) is 11.0 Å². The Labute approximate surface area is 212 Å². The highest BCUT2D eigenvalue weighted by Gasteiger charge is 2.74. The third-order valence-corrected chi connectivity index (χ3v) is 8.06. The summed E-state index contributed by atoms with van der Waals surface area (Å²) in [4.78, 5) is 21.1. The molecule has 0 bridgehead atoms. The molecule has 37 heavy (non-hydrogen) atoms. The standard InChI is InChI=1S/C24H20F4N6O2S/c1-3-4-36-13-7-16-18(30-10-13)15(32-11-33-16)6-12-5-14(19(25)31-9-12)22(2)17-8-23(17,37-21(29)34-22)20(35)24(26,27)28/h1,5,7,9-11,17,20,35H,4,6,8H2,2H3,(H2,29,34)/t17-,20-,22+,23-/m0/s1. The van der Waals surface area contributed by atoms with Crippen molar-refractivity contribution in [1.29, 1.82) is 0 Å². The summed E-state index contributed by atoms with van der Waals surface area (Å²) in [6, 6.07) is 3.16. The minimum atomic E-state index is -4.86. The summed E-state index contributed by atoms with van der Waals surface area (Å²) >= 11 is 0.683. The minimum Gasteiger partial charge on any atom is -0.479 e. The molecule has 2 aliphatic rings. The summed E-state index contributed by atoms with van der Waals surface area (Å²) in [5, 5.41) is 9.93. The molecule has 0 saturated heterocycles. The first-order chi connectivity index (χ1) is 17.5. The maximum Gasteiger partial charge on any atom is 0.415 e. The molecule has 1 fully saturated rings. The van der Waals surface area contributed by atoms with Gasteiger partial charge in [0.15, 0.2) is 11.3 Å². The van der Waals surface area contributed by atoms with Gasteiger partial charge < -0.3 is 15.6 Å². The van der Waals surface area contributed by atoms with Crippen LogP contribution in [0, 0.1) is 24.2 Å². The quantitative estimate of drug-likeness (QED) is 0.282. The van der Waals surface area contributed by atoms with Crippen LogP contribution in [-0.4, -0.2) is 53.8 Å². The zero-order valence-electron chi connectivity index (χ0n) is 19.3. The number of nitrogens with two attached hydrogens (primary N) is 1. The number of aliphatic imine (C=N–C) groups is 1. The van der Waals surface area contributed by atoms with Crippen molar-refractivity contribution in [3.8, 4) is 18.1 Å². The number of hydrogen-bond donors (Lipinski definition) is 2. The molecule has 1 aliphatic heterocycles. The Morgan fingerprint density at radius 1 is 1.27 bits per heavy atom. The zero-order chi connectivity index (χ0) is 26.6. The minimum absolute atomic E-state index is 0.00853. The molecule has 1 saturated carbocycles. The Kier molecular flexibility index (Phi) is 5.99. The molecule has 0 unspecified atom stereocenters. The van der Waals surface area contributed by atoms with Gasteiger partial charge in [-0.1, -0.05) is 17.7 Å². The van der Waals surface area contributed by atoms with Crippen LogP contribution in [0.2, 0.25) is 0 Å². The zero-order valence-corrected chi connectivity index (χ0v) is 20.1. The molecule has 3 aromatic heterocycles. The number of alkyl halides is 3. The van der Waals surface area contributed by atoms with Gasteiger partial charge in [-0.15, -0.1) is 6.42 Å². The second-order valence-electron chi connectivity index (χ2n) is 9.07. The molecule has 4 heterocycles. The second-order valence-corrected chi connectivity index (χ2v) is 10.4. The van der Waals surface area contributed by atoms with Gasteiger partial charge in [0.1, 0.15) is 24.2 Å². The third kappa shape index (κ3) is 4.34. The van der Waals surface area contributed by atoms with E-state index >= 15 is 4.39 Å². The van der Waals surface area contributed by atoms with E-state index in [2.05, 4.69) is 30.8 Å². The summed E-state index contributed by atoms with van der Waals surface area (Å²) in [5.41, 5.74) is 6.47. The summed E-state index contributed by atoms with van der Waals surface area (Å²) in [6.07, 6.45) is 2.03. The molecule has 8 nitrogen and oxygen atoms in total. The van der Waals surface area contributed by atoms with Gasteiger partial charge in [-0.05, 0) is 25.0 Å². The molecular weight excluding hydrogens is 512 g/mol. The molecular formula is C24H20F4N6O2S. The maximum atomic E-state index is 15.0. The van der Waals surface area contributed by atoms with E-state index in [0.29, 0.717) is 39.8 Å². The van der Waals surface area contributed by atoms with E-state index in [1.54, 1.807) is 6.07 Å². The Hall–Kier alpha value is -3.50. The number of halogens is 4. The van der Waals surface area contributed by atoms with Gasteiger partial charge in [0.2, 0.25) is 5.95 Å². The van der Waals surface area contributed by atoms with Gasteiger partial charge in [0.25, 0.3) is 0 Å². The lowest BCUT2D eigenvalue weighted by atomic mass is 9.85. The van der Waals surface area contributed by atoms with E-state index in [-0.39, 0.29) is 30.2 Å². The monoisotopic (exact) mass is 532 g/mol. The van der Waals surface area contributed by atoms with Crippen LogP contribution in [0.4, 0.5) is 17.6 Å². The fraction of sp³-hybridized carbons (Fsp3) is 0.375. The number of fused-ring (bicyclic) bond motifs is 2. The molecule has 0 radical (unpaired) electrons. The van der Waals surface area contributed by atoms with E-state index in [1.165, 1.54) is 31.7 Å². The van der Waals surface area contributed by atoms with E-state index in [4.69, 9.17) is 16.9 Å². The maximum absolute atomic E-state index is 15.0. The molecule has 3 aromatic rings. The molecule has 4 atom stereocenters. The van der Waals surface area contributed by atoms with E-state index in [0.717, 1.165) is 0 Å². The number of aliphatic hydroxyl groups is 1. The fourth-order valence-corrected chi connectivity index (χ4v) is 6.39. The van der Waals surface area contributed by atoms with Gasteiger partial charge in [-0.3, -0.25) is 4.99 Å². The van der Waals surface area contributed by atoms with Crippen LogP contribution in [0.1, 0.15) is 30.2 Å². The Bertz CT molecular complexity index is 1460. The number of aromatic nitrogens is 4. The lowest BCUT2D eigenvalue weighted by Gasteiger charge is -2.36. The van der Waals surface area contributed by atoms with Crippen molar-refractivity contribution in [1.82, 2.24) is 19.9 Å². The lowest BCUT2D eigenvalue weighted by Crippen LogP contribution is -2.47. The number of thioether (sulfide) groups is 1. The topological polar surface area (TPSA) is 119 Å². The molecule has 13 heteroatoms. The Morgan fingerprint density at radius 3 is 2.78 bits per heavy atom. The molecule has 3 N–H and O–H groups in total. The van der Waals surface area contributed by atoms with Crippen molar-refractivity contribution in [3.63, 3.8) is 0 Å². The number of terminal acetylenes is 1. The molecule has 0 spiro atoms. The van der Waals surface area contributed by atoms with Crippen molar-refractivity contribution in [2.75, 3.05) is 6.61 Å².